The molecule has 0 bridgehead atoms. The van der Waals surface area contributed by atoms with Crippen LogP contribution in [0.4, 0.5) is 0 Å². The second-order valence-electron chi connectivity index (χ2n) is 11.5. The van der Waals surface area contributed by atoms with Gasteiger partial charge in [-0.3, -0.25) is 0 Å². The van der Waals surface area contributed by atoms with Crippen LogP contribution in [-0.4, -0.2) is 3.21 Å². The van der Waals surface area contributed by atoms with Crippen LogP contribution in [0.3, 0.4) is 0 Å². The molecule has 0 fully saturated rings. The average molecular weight is 665 g/mol. The second kappa shape index (κ2) is 12.4. The minimum atomic E-state index is -2.78. The summed E-state index contributed by atoms with van der Waals surface area (Å²) in [4.78, 5) is 0. The summed E-state index contributed by atoms with van der Waals surface area (Å²) in [6, 6.07) is 46.3. The fourth-order valence-corrected chi connectivity index (χ4v) is 17.8. The van der Waals surface area contributed by atoms with Gasteiger partial charge in [0.25, 0.3) is 0 Å². The molecule has 5 aromatic carbocycles. The van der Waals surface area contributed by atoms with Crippen LogP contribution in [0.5, 0.6) is 0 Å². The zero-order valence-electron chi connectivity index (χ0n) is 24.5. The van der Waals surface area contributed by atoms with Crippen LogP contribution in [0.1, 0.15) is 65.6 Å². The maximum atomic E-state index is 2.51. The number of aryl methyl sites for hydroxylation is 2. The predicted octanol–water partition coefficient (Wildman–Crippen LogP) is 3.82. The Labute approximate surface area is 270 Å². The predicted molar refractivity (Wildman–Crippen MR) is 167 cm³/mol. The van der Waals surface area contributed by atoms with Crippen LogP contribution in [-0.2, 0) is 21.3 Å². The van der Waals surface area contributed by atoms with Gasteiger partial charge in [-0.05, 0) is 0 Å². The SMILES string of the molecule is CC1=C(C)[CH]([Zr+2](=[C](c2ccccc2)c2ccccc2)[CH]2c3cc(C)ccc3-c3ccc(C)cc32)c2ccccc21.[Cl-].[Cl-]. The van der Waals surface area contributed by atoms with Gasteiger partial charge in [0.05, 0.1) is 0 Å². The Hall–Kier alpha value is -2.83. The topological polar surface area (TPSA) is 0 Å². The summed E-state index contributed by atoms with van der Waals surface area (Å²) in [5.74, 6) is 0. The first-order valence-corrected chi connectivity index (χ1v) is 18.4. The van der Waals surface area contributed by atoms with Crippen LogP contribution >= 0.6 is 0 Å². The maximum absolute atomic E-state index is 2.78. The Morgan fingerprint density at radius 1 is 0.476 bits per heavy atom. The molecule has 0 amide bonds. The van der Waals surface area contributed by atoms with Gasteiger partial charge < -0.3 is 24.8 Å². The number of hydrogen-bond acceptors (Lipinski definition) is 0. The van der Waals surface area contributed by atoms with E-state index in [2.05, 4.69) is 149 Å². The molecule has 3 heteroatoms. The molecule has 5 aromatic rings. The summed E-state index contributed by atoms with van der Waals surface area (Å²) in [5, 5.41) is 0. The molecular weight excluding hydrogens is 631 g/mol. The Morgan fingerprint density at radius 2 is 0.952 bits per heavy atom. The molecule has 7 rings (SSSR count). The molecule has 0 heterocycles. The Morgan fingerprint density at radius 3 is 1.48 bits per heavy atom. The third-order valence-electron chi connectivity index (χ3n) is 9.06. The molecule has 0 aromatic heterocycles. The number of fused-ring (bicyclic) bond motifs is 4. The normalized spacial score (nSPS) is 14.6. The third-order valence-corrected chi connectivity index (χ3v) is 18.3. The van der Waals surface area contributed by atoms with Gasteiger partial charge in [-0.1, -0.05) is 0 Å². The van der Waals surface area contributed by atoms with Gasteiger partial charge >= 0.3 is 248 Å². The van der Waals surface area contributed by atoms with Gasteiger partial charge in [-0.2, -0.15) is 0 Å². The molecule has 42 heavy (non-hydrogen) atoms. The second-order valence-corrected chi connectivity index (χ2v) is 17.8. The van der Waals surface area contributed by atoms with E-state index in [1.807, 2.05) is 0 Å². The first kappa shape index (κ1) is 30.6. The van der Waals surface area contributed by atoms with Crippen molar-refractivity contribution in [1.29, 1.82) is 0 Å². The van der Waals surface area contributed by atoms with Crippen molar-refractivity contribution in [2.24, 2.45) is 0 Å². The fourth-order valence-electron chi connectivity index (χ4n) is 7.15. The van der Waals surface area contributed by atoms with Gasteiger partial charge in [0.2, 0.25) is 0 Å². The molecule has 0 aliphatic heterocycles. The first-order chi connectivity index (χ1) is 19.5. The van der Waals surface area contributed by atoms with Crippen molar-refractivity contribution in [2.45, 2.75) is 34.9 Å². The Bertz CT molecular complexity index is 1740. The molecule has 0 spiro atoms. The zero-order valence-corrected chi connectivity index (χ0v) is 28.4. The average Bonchev–Trinajstić information content (AvgIpc) is 3.42. The first-order valence-electron chi connectivity index (χ1n) is 14.4. The quantitative estimate of drug-likeness (QED) is 0.274. The van der Waals surface area contributed by atoms with Crippen molar-refractivity contribution in [3.63, 3.8) is 0 Å². The largest absolute Gasteiger partial charge is 1.00 e. The summed E-state index contributed by atoms with van der Waals surface area (Å²) < 4.78 is 2.53. The van der Waals surface area contributed by atoms with Gasteiger partial charge in [0.1, 0.15) is 0 Å². The minimum absolute atomic E-state index is 0. The molecule has 1 atom stereocenters. The van der Waals surface area contributed by atoms with E-state index in [9.17, 15) is 0 Å². The summed E-state index contributed by atoms with van der Waals surface area (Å²) in [6.45, 7) is 9.30. The molecule has 0 saturated carbocycles. The van der Waals surface area contributed by atoms with Crippen LogP contribution < -0.4 is 24.8 Å². The number of halogens is 2. The fraction of sp³-hybridized carbons (Fsp3) is 0.154. The van der Waals surface area contributed by atoms with E-state index in [1.165, 1.54) is 44.5 Å². The van der Waals surface area contributed by atoms with Crippen molar-refractivity contribution in [2.75, 3.05) is 0 Å². The van der Waals surface area contributed by atoms with Crippen molar-refractivity contribution in [3.05, 3.63) is 171 Å². The molecule has 0 nitrogen and oxygen atoms in total. The summed E-state index contributed by atoms with van der Waals surface area (Å²) in [5.41, 5.74) is 17.5. The Balaban J connectivity index is 0.00000176. The van der Waals surface area contributed by atoms with Crippen molar-refractivity contribution in [3.8, 4) is 11.1 Å². The van der Waals surface area contributed by atoms with Crippen molar-refractivity contribution in [1.82, 2.24) is 0 Å². The van der Waals surface area contributed by atoms with Crippen LogP contribution in [0, 0.1) is 13.8 Å². The van der Waals surface area contributed by atoms with E-state index in [4.69, 9.17) is 0 Å². The number of benzene rings is 5. The molecule has 1 unspecified atom stereocenters. The van der Waals surface area contributed by atoms with E-state index >= 15 is 0 Å². The monoisotopic (exact) mass is 662 g/mol. The molecule has 0 N–H and O–H groups in total. The zero-order chi connectivity index (χ0) is 27.4. The molecule has 2 aliphatic carbocycles. The van der Waals surface area contributed by atoms with Gasteiger partial charge in [0, 0.05) is 0 Å². The van der Waals surface area contributed by atoms with E-state index in [-0.39, 0.29) is 24.8 Å². The van der Waals surface area contributed by atoms with E-state index in [0.29, 0.717) is 7.25 Å². The van der Waals surface area contributed by atoms with E-state index < -0.39 is 21.3 Å². The van der Waals surface area contributed by atoms with Gasteiger partial charge in [0.15, 0.2) is 0 Å². The summed E-state index contributed by atoms with van der Waals surface area (Å²) in [6.07, 6.45) is 0. The molecule has 2 aliphatic rings. The molecule has 208 valence electrons. The molecule has 0 saturated heterocycles. The minimum Gasteiger partial charge on any atom is -1.00 e. The number of hydrogen-bond donors (Lipinski definition) is 0. The van der Waals surface area contributed by atoms with Crippen LogP contribution in [0.2, 0.25) is 0 Å². The van der Waals surface area contributed by atoms with Crippen LogP contribution in [0.25, 0.3) is 16.7 Å². The Kier molecular flexibility index (Phi) is 9.06. The number of allylic oxidation sites excluding steroid dienone is 2. The van der Waals surface area contributed by atoms with Crippen LogP contribution in [0.15, 0.2) is 127 Å². The van der Waals surface area contributed by atoms with Gasteiger partial charge in [-0.15, -0.1) is 0 Å². The standard InChI is InChI=1S/C15H13.C13H10.C11H11.2ClH.Zr/c1-10-3-5-14-12(7-10)9-13-8-11(2)4-6-15(13)14;1-3-7-12(8-4-1)11-13-9-5-2-6-10-13;1-8-7-10-5-3-4-6-11(10)9(8)2;;;/h3-9H,1-2H3;1-10H;3-7H,1-2H3;2*1H;/q;;;;;+2/p-2. The van der Waals surface area contributed by atoms with E-state index in [0.717, 1.165) is 0 Å². The van der Waals surface area contributed by atoms with E-state index in [1.54, 1.807) is 25.5 Å². The maximum Gasteiger partial charge on any atom is -1.00 e. The van der Waals surface area contributed by atoms with Crippen molar-refractivity contribution < 1.29 is 46.1 Å². The number of rotatable bonds is 4. The third kappa shape index (κ3) is 5.05. The molecular formula is C39H34Cl2Zr. The molecule has 0 radical (unpaired) electrons. The smallest absolute Gasteiger partial charge is 1.00 e. The van der Waals surface area contributed by atoms with Crippen molar-refractivity contribution >= 4 is 8.78 Å². The summed E-state index contributed by atoms with van der Waals surface area (Å²) >= 11 is -2.78. The summed E-state index contributed by atoms with van der Waals surface area (Å²) in [7, 11) is 0. The van der Waals surface area contributed by atoms with Gasteiger partial charge in [-0.25, -0.2) is 0 Å².